The fourth-order valence-corrected chi connectivity index (χ4v) is 3.35. The van der Waals surface area contributed by atoms with Crippen molar-refractivity contribution in [3.05, 3.63) is 36.9 Å². The monoisotopic (exact) mass is 310 g/mol. The number of aromatic nitrogens is 4. The minimum Gasteiger partial charge on any atom is -0.370 e. The molecule has 1 atom stereocenters. The molecule has 120 valence electrons. The first kappa shape index (κ1) is 14.3. The third-order valence-electron chi connectivity index (χ3n) is 4.64. The third kappa shape index (κ3) is 2.70. The van der Waals surface area contributed by atoms with Crippen LogP contribution in [-0.4, -0.2) is 38.5 Å². The van der Waals surface area contributed by atoms with Crippen LogP contribution in [0.1, 0.15) is 19.3 Å². The van der Waals surface area contributed by atoms with E-state index < -0.39 is 0 Å². The Morgan fingerprint density at radius 2 is 2.04 bits per heavy atom. The summed E-state index contributed by atoms with van der Waals surface area (Å²) < 4.78 is 3.79. The number of aryl methyl sites for hydroxylation is 1. The van der Waals surface area contributed by atoms with Crippen molar-refractivity contribution in [3.63, 3.8) is 0 Å². The minimum absolute atomic E-state index is 0.322. The van der Waals surface area contributed by atoms with Crippen molar-refractivity contribution in [1.29, 1.82) is 0 Å². The van der Waals surface area contributed by atoms with E-state index in [1.807, 2.05) is 34.8 Å². The molecule has 0 aromatic carbocycles. The molecular weight excluding hydrogens is 288 g/mol. The highest BCUT2D eigenvalue weighted by atomic mass is 15.2. The third-order valence-corrected chi connectivity index (χ3v) is 4.64. The number of anilines is 1. The lowest BCUT2D eigenvalue weighted by Gasteiger charge is -2.24. The van der Waals surface area contributed by atoms with Crippen LogP contribution in [0.3, 0.4) is 0 Å². The summed E-state index contributed by atoms with van der Waals surface area (Å²) in [7, 11) is 1.94. The Labute approximate surface area is 135 Å². The Morgan fingerprint density at radius 3 is 2.87 bits per heavy atom. The van der Waals surface area contributed by atoms with Crippen molar-refractivity contribution < 1.29 is 0 Å². The van der Waals surface area contributed by atoms with Crippen LogP contribution < -0.4 is 10.6 Å². The Hall–Kier alpha value is -2.34. The van der Waals surface area contributed by atoms with Crippen LogP contribution in [0.15, 0.2) is 36.9 Å². The van der Waals surface area contributed by atoms with Gasteiger partial charge in [0.25, 0.3) is 0 Å². The van der Waals surface area contributed by atoms with Gasteiger partial charge in [0.1, 0.15) is 0 Å². The average Bonchev–Trinajstić information content (AvgIpc) is 3.13. The maximum absolute atomic E-state index is 6.14. The van der Waals surface area contributed by atoms with Crippen LogP contribution in [0.25, 0.3) is 16.6 Å². The fraction of sp³-hybridized carbons (Fsp3) is 0.412. The molecule has 0 aliphatic carbocycles. The highest BCUT2D eigenvalue weighted by Crippen LogP contribution is 2.30. The van der Waals surface area contributed by atoms with Crippen molar-refractivity contribution in [2.24, 2.45) is 12.8 Å². The average molecular weight is 310 g/mol. The molecule has 1 fully saturated rings. The number of hydrogen-bond donors (Lipinski definition) is 1. The van der Waals surface area contributed by atoms with Gasteiger partial charge in [-0.25, -0.2) is 4.52 Å². The first-order chi connectivity index (χ1) is 11.2. The molecular formula is C17H22N6. The summed E-state index contributed by atoms with van der Waals surface area (Å²) >= 11 is 0. The van der Waals surface area contributed by atoms with Crippen molar-refractivity contribution in [1.82, 2.24) is 19.4 Å². The molecule has 1 aliphatic rings. The van der Waals surface area contributed by atoms with Gasteiger partial charge in [0.2, 0.25) is 0 Å². The second-order valence-corrected chi connectivity index (χ2v) is 6.36. The first-order valence-corrected chi connectivity index (χ1v) is 8.17. The van der Waals surface area contributed by atoms with Crippen molar-refractivity contribution in [2.75, 3.05) is 18.0 Å². The standard InChI is InChI=1S/C17H22N6/c1-21-11-14(10-20-21)13-9-17(16-4-6-19-23(16)12-13)22-7-2-3-15(18)5-8-22/h4,6,9-12,15H,2-3,5,7-8,18H2,1H3. The molecule has 3 aromatic heterocycles. The molecule has 0 saturated carbocycles. The molecule has 1 saturated heterocycles. The molecule has 2 N–H and O–H groups in total. The SMILES string of the molecule is Cn1cc(-c2cc(N3CCCC(N)CC3)c3ccnn3c2)cn1. The summed E-state index contributed by atoms with van der Waals surface area (Å²) in [5.41, 5.74) is 10.8. The maximum Gasteiger partial charge on any atom is 0.0895 e. The summed E-state index contributed by atoms with van der Waals surface area (Å²) in [5.74, 6) is 0. The number of nitrogens with two attached hydrogens (primary N) is 1. The van der Waals surface area contributed by atoms with E-state index in [0.29, 0.717) is 6.04 Å². The number of rotatable bonds is 2. The predicted octanol–water partition coefficient (Wildman–Crippen LogP) is 2.05. The highest BCUT2D eigenvalue weighted by Gasteiger charge is 2.18. The molecule has 23 heavy (non-hydrogen) atoms. The van der Waals surface area contributed by atoms with Crippen LogP contribution in [0.5, 0.6) is 0 Å². The number of hydrogen-bond acceptors (Lipinski definition) is 4. The van der Waals surface area contributed by atoms with Crippen molar-refractivity contribution in [2.45, 2.75) is 25.3 Å². The first-order valence-electron chi connectivity index (χ1n) is 8.17. The Balaban J connectivity index is 1.79. The second kappa shape index (κ2) is 5.70. The van der Waals surface area contributed by atoms with E-state index in [0.717, 1.165) is 49.0 Å². The van der Waals surface area contributed by atoms with E-state index in [2.05, 4.69) is 33.4 Å². The molecule has 0 spiro atoms. The van der Waals surface area contributed by atoms with E-state index in [4.69, 9.17) is 5.73 Å². The zero-order valence-corrected chi connectivity index (χ0v) is 13.4. The normalized spacial score (nSPS) is 19.2. The number of pyridine rings is 1. The Kier molecular flexibility index (Phi) is 3.53. The van der Waals surface area contributed by atoms with Gasteiger partial charge in [0.15, 0.2) is 0 Å². The van der Waals surface area contributed by atoms with Gasteiger partial charge in [-0.05, 0) is 31.4 Å². The lowest BCUT2D eigenvalue weighted by atomic mass is 10.1. The summed E-state index contributed by atoms with van der Waals surface area (Å²) in [4.78, 5) is 2.45. The lowest BCUT2D eigenvalue weighted by Crippen LogP contribution is -2.26. The van der Waals surface area contributed by atoms with Gasteiger partial charge in [0.05, 0.1) is 23.6 Å². The number of fused-ring (bicyclic) bond motifs is 1. The molecule has 6 nitrogen and oxygen atoms in total. The molecule has 4 heterocycles. The van der Waals surface area contributed by atoms with Crippen molar-refractivity contribution in [3.8, 4) is 11.1 Å². The van der Waals surface area contributed by atoms with Crippen molar-refractivity contribution >= 4 is 11.2 Å². The molecule has 1 aliphatic heterocycles. The van der Waals surface area contributed by atoms with Crippen LogP contribution in [0.4, 0.5) is 5.69 Å². The van der Waals surface area contributed by atoms with E-state index >= 15 is 0 Å². The van der Waals surface area contributed by atoms with Crippen LogP contribution in [0.2, 0.25) is 0 Å². The van der Waals surface area contributed by atoms with Gasteiger partial charge in [-0.1, -0.05) is 0 Å². The summed E-state index contributed by atoms with van der Waals surface area (Å²) in [6, 6.07) is 4.65. The molecule has 0 radical (unpaired) electrons. The van der Waals surface area contributed by atoms with Gasteiger partial charge in [-0.2, -0.15) is 10.2 Å². The molecule has 6 heteroatoms. The van der Waals surface area contributed by atoms with E-state index in [9.17, 15) is 0 Å². The van der Waals surface area contributed by atoms with Crippen LogP contribution in [0, 0.1) is 0 Å². The maximum atomic E-state index is 6.14. The minimum atomic E-state index is 0.322. The summed E-state index contributed by atoms with van der Waals surface area (Å²) in [6.07, 6.45) is 11.1. The van der Waals surface area contributed by atoms with Crippen LogP contribution in [-0.2, 0) is 7.05 Å². The Morgan fingerprint density at radius 1 is 1.13 bits per heavy atom. The van der Waals surface area contributed by atoms with Gasteiger partial charge in [-0.15, -0.1) is 0 Å². The lowest BCUT2D eigenvalue weighted by molar-refractivity contribution is 0.601. The topological polar surface area (TPSA) is 64.4 Å². The molecule has 0 bridgehead atoms. The second-order valence-electron chi connectivity index (χ2n) is 6.36. The van der Waals surface area contributed by atoms with Gasteiger partial charge >= 0.3 is 0 Å². The highest BCUT2D eigenvalue weighted by molar-refractivity contribution is 5.79. The zero-order chi connectivity index (χ0) is 15.8. The summed E-state index contributed by atoms with van der Waals surface area (Å²) in [6.45, 7) is 2.05. The van der Waals surface area contributed by atoms with Gasteiger partial charge in [0, 0.05) is 49.7 Å². The smallest absolute Gasteiger partial charge is 0.0895 e. The van der Waals surface area contributed by atoms with E-state index in [1.54, 1.807) is 0 Å². The van der Waals surface area contributed by atoms with E-state index in [1.165, 1.54) is 5.69 Å². The van der Waals surface area contributed by atoms with Gasteiger partial charge < -0.3 is 10.6 Å². The quantitative estimate of drug-likeness (QED) is 0.787. The summed E-state index contributed by atoms with van der Waals surface area (Å²) in [5, 5.41) is 8.73. The molecule has 4 rings (SSSR count). The molecule has 1 unspecified atom stereocenters. The van der Waals surface area contributed by atoms with E-state index in [-0.39, 0.29) is 0 Å². The number of nitrogens with zero attached hydrogens (tertiary/aromatic N) is 5. The Bertz CT molecular complexity index is 817. The predicted molar refractivity (Wildman–Crippen MR) is 91.4 cm³/mol. The molecule has 3 aromatic rings. The largest absolute Gasteiger partial charge is 0.370 e. The molecule has 0 amide bonds. The van der Waals surface area contributed by atoms with Crippen LogP contribution >= 0.6 is 0 Å². The fourth-order valence-electron chi connectivity index (χ4n) is 3.35. The van der Waals surface area contributed by atoms with Gasteiger partial charge in [-0.3, -0.25) is 4.68 Å². The zero-order valence-electron chi connectivity index (χ0n) is 13.4.